The number of hydrogen-bond acceptors (Lipinski definition) is 6. The Morgan fingerprint density at radius 2 is 2.00 bits per heavy atom. The van der Waals surface area contributed by atoms with Crippen molar-refractivity contribution in [2.24, 2.45) is 0 Å². The van der Waals surface area contributed by atoms with Crippen molar-refractivity contribution in [3.8, 4) is 0 Å². The molecule has 1 aliphatic heterocycles. The molecule has 9 heteroatoms. The maximum absolute atomic E-state index is 13.3. The summed E-state index contributed by atoms with van der Waals surface area (Å²) in [6.45, 7) is 3.16. The number of allylic oxidation sites excluding steroid dienone is 1. The summed E-state index contributed by atoms with van der Waals surface area (Å²) in [4.78, 5) is 21.1. The summed E-state index contributed by atoms with van der Waals surface area (Å²) in [5, 5.41) is 5.11. The van der Waals surface area contributed by atoms with Crippen LogP contribution < -0.4 is 5.32 Å². The van der Waals surface area contributed by atoms with E-state index in [1.54, 1.807) is 23.2 Å². The number of aromatic nitrogens is 1. The minimum absolute atomic E-state index is 0.225. The molecule has 7 nitrogen and oxygen atoms in total. The standard InChI is InChI=1S/C22H27FN4O3S/c1-16-15-31-22(27(16)13-18-5-4-10-24-11-18)25-21(28)26(14-20(29-2)30-3)12-17-6-8-19(23)9-7-17/h4-11,15,20,22H,12-14H2,1-3H3,(H,25,28). The van der Waals surface area contributed by atoms with Crippen LogP contribution in [0.5, 0.6) is 0 Å². The van der Waals surface area contributed by atoms with Crippen LogP contribution in [0.15, 0.2) is 59.9 Å². The van der Waals surface area contributed by atoms with Crippen molar-refractivity contribution < 1.29 is 18.7 Å². The Bertz CT molecular complexity index is 878. The first-order valence-electron chi connectivity index (χ1n) is 9.83. The molecule has 2 aromatic rings. The fourth-order valence-corrected chi connectivity index (χ4v) is 4.17. The quantitative estimate of drug-likeness (QED) is 0.592. The number of carbonyl (C=O) groups is 1. The third-order valence-corrected chi connectivity index (χ3v) is 6.00. The molecule has 1 aromatic heterocycles. The smallest absolute Gasteiger partial charge is 0.320 e. The number of carbonyl (C=O) groups excluding carboxylic acids is 1. The van der Waals surface area contributed by atoms with Gasteiger partial charge in [0.25, 0.3) is 0 Å². The van der Waals surface area contributed by atoms with Crippen molar-refractivity contribution in [1.82, 2.24) is 20.1 Å². The van der Waals surface area contributed by atoms with Crippen molar-refractivity contribution in [3.05, 3.63) is 76.8 Å². The average molecular weight is 447 g/mol. The Morgan fingerprint density at radius 1 is 1.26 bits per heavy atom. The topological polar surface area (TPSA) is 66.9 Å². The monoisotopic (exact) mass is 446 g/mol. The molecule has 0 saturated carbocycles. The Hall–Kier alpha value is -2.62. The molecule has 2 heterocycles. The zero-order valence-electron chi connectivity index (χ0n) is 17.8. The molecule has 31 heavy (non-hydrogen) atoms. The summed E-state index contributed by atoms with van der Waals surface area (Å²) in [7, 11) is 3.05. The summed E-state index contributed by atoms with van der Waals surface area (Å²) in [6, 6.07) is 9.72. The first-order valence-corrected chi connectivity index (χ1v) is 10.8. The van der Waals surface area contributed by atoms with Gasteiger partial charge in [0.15, 0.2) is 11.8 Å². The lowest BCUT2D eigenvalue weighted by molar-refractivity contribution is -0.112. The van der Waals surface area contributed by atoms with E-state index >= 15 is 0 Å². The van der Waals surface area contributed by atoms with Gasteiger partial charge in [-0.25, -0.2) is 9.18 Å². The van der Waals surface area contributed by atoms with E-state index in [0.717, 1.165) is 16.8 Å². The van der Waals surface area contributed by atoms with Crippen LogP contribution in [0.2, 0.25) is 0 Å². The van der Waals surface area contributed by atoms with E-state index in [2.05, 4.69) is 15.2 Å². The highest BCUT2D eigenvalue weighted by Gasteiger charge is 2.29. The minimum atomic E-state index is -0.575. The molecule has 1 N–H and O–H groups in total. The number of nitrogens with zero attached hydrogens (tertiary/aromatic N) is 3. The first-order chi connectivity index (χ1) is 15.0. The highest BCUT2D eigenvalue weighted by molar-refractivity contribution is 8.02. The minimum Gasteiger partial charge on any atom is -0.354 e. The van der Waals surface area contributed by atoms with Gasteiger partial charge < -0.3 is 24.6 Å². The summed E-state index contributed by atoms with van der Waals surface area (Å²) in [5.41, 5.74) is 2.67. The molecular weight excluding hydrogens is 419 g/mol. The highest BCUT2D eigenvalue weighted by Crippen LogP contribution is 2.30. The van der Waals surface area contributed by atoms with Crippen molar-refractivity contribution in [2.45, 2.75) is 31.8 Å². The molecule has 2 amide bonds. The number of benzene rings is 1. The van der Waals surface area contributed by atoms with Crippen molar-refractivity contribution in [1.29, 1.82) is 0 Å². The number of thioether (sulfide) groups is 1. The molecule has 3 rings (SSSR count). The van der Waals surface area contributed by atoms with Gasteiger partial charge in [-0.05, 0) is 41.7 Å². The zero-order chi connectivity index (χ0) is 22.2. The molecule has 1 atom stereocenters. The van der Waals surface area contributed by atoms with E-state index < -0.39 is 6.29 Å². The van der Waals surface area contributed by atoms with Crippen LogP contribution in [-0.2, 0) is 22.6 Å². The van der Waals surface area contributed by atoms with Gasteiger partial charge in [-0.2, -0.15) is 0 Å². The fraction of sp³-hybridized carbons (Fsp3) is 0.364. The molecule has 1 aromatic carbocycles. The predicted molar refractivity (Wildman–Crippen MR) is 118 cm³/mol. The van der Waals surface area contributed by atoms with E-state index in [1.165, 1.54) is 38.1 Å². The van der Waals surface area contributed by atoms with E-state index in [4.69, 9.17) is 9.47 Å². The number of halogens is 1. The van der Waals surface area contributed by atoms with Gasteiger partial charge in [-0.1, -0.05) is 30.0 Å². The predicted octanol–water partition coefficient (Wildman–Crippen LogP) is 3.75. The maximum atomic E-state index is 13.3. The number of hydrogen-bond donors (Lipinski definition) is 1. The molecule has 1 aliphatic rings. The Balaban J connectivity index is 1.71. The van der Waals surface area contributed by atoms with Crippen LogP contribution in [0, 0.1) is 5.82 Å². The van der Waals surface area contributed by atoms with Gasteiger partial charge in [0, 0.05) is 45.4 Å². The molecule has 0 aliphatic carbocycles. The van der Waals surface area contributed by atoms with Gasteiger partial charge in [0.2, 0.25) is 0 Å². The molecule has 0 bridgehead atoms. The second kappa shape index (κ2) is 11.1. The number of methoxy groups -OCH3 is 2. The molecule has 0 fully saturated rings. The largest absolute Gasteiger partial charge is 0.354 e. The van der Waals surface area contributed by atoms with Crippen LogP contribution in [0.1, 0.15) is 18.1 Å². The van der Waals surface area contributed by atoms with Crippen molar-refractivity contribution in [2.75, 3.05) is 20.8 Å². The lowest BCUT2D eigenvalue weighted by atomic mass is 10.2. The molecule has 1 unspecified atom stereocenters. The fourth-order valence-electron chi connectivity index (χ4n) is 3.15. The van der Waals surface area contributed by atoms with Crippen LogP contribution in [0.25, 0.3) is 0 Å². The van der Waals surface area contributed by atoms with Crippen LogP contribution >= 0.6 is 11.8 Å². The van der Waals surface area contributed by atoms with E-state index in [-0.39, 0.29) is 23.9 Å². The summed E-state index contributed by atoms with van der Waals surface area (Å²) < 4.78 is 23.9. The molecule has 0 radical (unpaired) electrons. The third kappa shape index (κ3) is 6.43. The van der Waals surface area contributed by atoms with E-state index in [9.17, 15) is 9.18 Å². The van der Waals surface area contributed by atoms with Crippen LogP contribution in [-0.4, -0.2) is 53.4 Å². The number of ether oxygens (including phenoxy) is 2. The lowest BCUT2D eigenvalue weighted by Gasteiger charge is -2.32. The van der Waals surface area contributed by atoms with Gasteiger partial charge in [-0.15, -0.1) is 0 Å². The molecule has 0 saturated heterocycles. The number of pyridine rings is 1. The molecule has 166 valence electrons. The van der Waals surface area contributed by atoms with Gasteiger partial charge >= 0.3 is 6.03 Å². The Kier molecular flexibility index (Phi) is 8.27. The van der Waals surface area contributed by atoms with Crippen molar-refractivity contribution in [3.63, 3.8) is 0 Å². The Labute approximate surface area is 186 Å². The summed E-state index contributed by atoms with van der Waals surface area (Å²) in [5.74, 6) is -0.318. The van der Waals surface area contributed by atoms with Crippen LogP contribution in [0.3, 0.4) is 0 Å². The van der Waals surface area contributed by atoms with Gasteiger partial charge in [0.05, 0.1) is 6.54 Å². The van der Waals surface area contributed by atoms with E-state index in [0.29, 0.717) is 13.1 Å². The van der Waals surface area contributed by atoms with Crippen molar-refractivity contribution >= 4 is 17.8 Å². The molecule has 0 spiro atoms. The number of nitrogens with one attached hydrogen (secondary N) is 1. The maximum Gasteiger partial charge on any atom is 0.320 e. The first kappa shape index (κ1) is 23.1. The third-order valence-electron chi connectivity index (χ3n) is 4.90. The lowest BCUT2D eigenvalue weighted by Crippen LogP contribution is -2.50. The second-order valence-corrected chi connectivity index (χ2v) is 8.05. The number of urea groups is 1. The Morgan fingerprint density at radius 3 is 2.65 bits per heavy atom. The number of amides is 2. The summed E-state index contributed by atoms with van der Waals surface area (Å²) >= 11 is 1.53. The normalized spacial score (nSPS) is 15.8. The van der Waals surface area contributed by atoms with Crippen LogP contribution in [0.4, 0.5) is 9.18 Å². The summed E-state index contributed by atoms with van der Waals surface area (Å²) in [6.07, 6.45) is 2.98. The van der Waals surface area contributed by atoms with Gasteiger partial charge in [0.1, 0.15) is 5.82 Å². The van der Waals surface area contributed by atoms with E-state index in [1.807, 2.05) is 30.7 Å². The average Bonchev–Trinajstić information content (AvgIpc) is 3.12. The van der Waals surface area contributed by atoms with Gasteiger partial charge in [-0.3, -0.25) is 4.98 Å². The molecular formula is C22H27FN4O3S. The second-order valence-electron chi connectivity index (χ2n) is 7.09. The zero-order valence-corrected chi connectivity index (χ0v) is 18.6. The number of rotatable bonds is 9. The SMILES string of the molecule is COC(CN(Cc1ccc(F)cc1)C(=O)NC1SC=C(C)N1Cc1cccnc1)OC. The highest BCUT2D eigenvalue weighted by atomic mass is 32.2.